The Balaban J connectivity index is 1.73. The fourth-order valence-corrected chi connectivity index (χ4v) is 3.25. The first-order valence-corrected chi connectivity index (χ1v) is 6.94. The van der Waals surface area contributed by atoms with Crippen molar-refractivity contribution in [3.05, 3.63) is 35.6 Å². The summed E-state index contributed by atoms with van der Waals surface area (Å²) >= 11 is 0. The van der Waals surface area contributed by atoms with Gasteiger partial charge >= 0.3 is 0 Å². The normalized spacial score (nSPS) is 27.2. The molecule has 1 atom stereocenters. The van der Waals surface area contributed by atoms with Crippen LogP contribution in [0.15, 0.2) is 24.3 Å². The molecule has 2 aliphatic heterocycles. The monoisotopic (exact) mass is 262 g/mol. The van der Waals surface area contributed by atoms with Gasteiger partial charge in [-0.25, -0.2) is 4.39 Å². The average molecular weight is 262 g/mol. The summed E-state index contributed by atoms with van der Waals surface area (Å²) < 4.78 is 12.9. The molecule has 102 valence electrons. The van der Waals surface area contributed by atoms with Gasteiger partial charge in [0.15, 0.2) is 0 Å². The first kappa shape index (κ1) is 12.6. The van der Waals surface area contributed by atoms with Crippen LogP contribution in [0, 0.1) is 11.2 Å². The van der Waals surface area contributed by atoms with Crippen molar-refractivity contribution in [2.24, 2.45) is 5.41 Å². The third-order valence-corrected chi connectivity index (χ3v) is 4.35. The Hall–Kier alpha value is -1.42. The van der Waals surface area contributed by atoms with Crippen molar-refractivity contribution in [3.8, 4) is 0 Å². The highest BCUT2D eigenvalue weighted by atomic mass is 19.1. The van der Waals surface area contributed by atoms with E-state index in [0.29, 0.717) is 6.54 Å². The van der Waals surface area contributed by atoms with Crippen LogP contribution in [0.4, 0.5) is 4.39 Å². The lowest BCUT2D eigenvalue weighted by Gasteiger charge is -2.39. The highest BCUT2D eigenvalue weighted by molar-refractivity contribution is 5.84. The zero-order valence-corrected chi connectivity index (χ0v) is 11.0. The summed E-state index contributed by atoms with van der Waals surface area (Å²) in [6.45, 7) is 3.17. The molecule has 0 saturated carbocycles. The lowest BCUT2D eigenvalue weighted by Crippen LogP contribution is -2.49. The second-order valence-electron chi connectivity index (χ2n) is 5.66. The molecular formula is C15H19FN2O. The van der Waals surface area contributed by atoms with E-state index in [0.717, 1.165) is 44.5 Å². The van der Waals surface area contributed by atoms with Gasteiger partial charge in [0.05, 0.1) is 5.41 Å². The zero-order chi connectivity index (χ0) is 13.3. The molecule has 2 heterocycles. The van der Waals surface area contributed by atoms with E-state index in [4.69, 9.17) is 0 Å². The molecule has 0 bridgehead atoms. The van der Waals surface area contributed by atoms with E-state index in [2.05, 4.69) is 5.32 Å². The van der Waals surface area contributed by atoms with Crippen LogP contribution in [-0.2, 0) is 11.3 Å². The van der Waals surface area contributed by atoms with E-state index in [-0.39, 0.29) is 17.1 Å². The SMILES string of the molecule is O=C1N(Cc2ccc(F)cc2)CCC[C@@]12CCNC2. The standard InChI is InChI=1S/C15H19FN2O/c16-13-4-2-12(3-5-13)10-18-9-1-6-15(14(18)19)7-8-17-11-15/h2-5,17H,1,6-11H2/t15-/m0/s1. The first-order valence-electron chi connectivity index (χ1n) is 6.94. The number of hydrogen-bond acceptors (Lipinski definition) is 2. The van der Waals surface area contributed by atoms with Gasteiger partial charge in [-0.2, -0.15) is 0 Å². The van der Waals surface area contributed by atoms with Gasteiger partial charge in [-0.05, 0) is 43.5 Å². The van der Waals surface area contributed by atoms with Gasteiger partial charge in [0.25, 0.3) is 0 Å². The summed E-state index contributed by atoms with van der Waals surface area (Å²) in [6, 6.07) is 6.43. The lowest BCUT2D eigenvalue weighted by atomic mass is 9.78. The third-order valence-electron chi connectivity index (χ3n) is 4.35. The molecule has 4 heteroatoms. The molecule has 1 aromatic rings. The van der Waals surface area contributed by atoms with Crippen LogP contribution in [0.1, 0.15) is 24.8 Å². The molecule has 2 fully saturated rings. The third kappa shape index (κ3) is 2.37. The second kappa shape index (κ2) is 4.93. The number of nitrogens with zero attached hydrogens (tertiary/aromatic N) is 1. The summed E-state index contributed by atoms with van der Waals surface area (Å²) in [5.74, 6) is 0.0401. The Morgan fingerprint density at radius 1 is 1.26 bits per heavy atom. The van der Waals surface area contributed by atoms with E-state index < -0.39 is 0 Å². The van der Waals surface area contributed by atoms with Crippen LogP contribution in [0.3, 0.4) is 0 Å². The number of amides is 1. The predicted molar refractivity (Wildman–Crippen MR) is 71.0 cm³/mol. The van der Waals surface area contributed by atoms with Crippen molar-refractivity contribution in [1.82, 2.24) is 10.2 Å². The molecule has 0 aliphatic carbocycles. The Kier molecular flexibility index (Phi) is 3.27. The molecule has 1 N–H and O–H groups in total. The van der Waals surface area contributed by atoms with Crippen LogP contribution in [0.2, 0.25) is 0 Å². The average Bonchev–Trinajstić information content (AvgIpc) is 2.87. The summed E-state index contributed by atoms with van der Waals surface area (Å²) in [5.41, 5.74) is 0.830. The summed E-state index contributed by atoms with van der Waals surface area (Å²) in [7, 11) is 0. The number of benzene rings is 1. The van der Waals surface area contributed by atoms with Gasteiger partial charge in [-0.15, -0.1) is 0 Å². The van der Waals surface area contributed by atoms with E-state index >= 15 is 0 Å². The minimum atomic E-state index is -0.231. The topological polar surface area (TPSA) is 32.3 Å². The van der Waals surface area contributed by atoms with E-state index in [9.17, 15) is 9.18 Å². The Morgan fingerprint density at radius 2 is 2.05 bits per heavy atom. The fraction of sp³-hybridized carbons (Fsp3) is 0.533. The number of hydrogen-bond donors (Lipinski definition) is 1. The Bertz CT molecular complexity index is 466. The van der Waals surface area contributed by atoms with E-state index in [1.54, 1.807) is 12.1 Å². The van der Waals surface area contributed by atoms with E-state index in [1.807, 2.05) is 4.90 Å². The molecule has 0 aromatic heterocycles. The van der Waals surface area contributed by atoms with Gasteiger partial charge in [-0.3, -0.25) is 4.79 Å². The lowest BCUT2D eigenvalue weighted by molar-refractivity contribution is -0.145. The molecule has 0 radical (unpaired) electrons. The quantitative estimate of drug-likeness (QED) is 0.883. The molecule has 2 saturated heterocycles. The predicted octanol–water partition coefficient (Wildman–Crippen LogP) is 1.93. The van der Waals surface area contributed by atoms with Gasteiger partial charge in [0.2, 0.25) is 5.91 Å². The molecule has 1 amide bonds. The first-order chi connectivity index (χ1) is 9.20. The van der Waals surface area contributed by atoms with Crippen LogP contribution in [0.5, 0.6) is 0 Å². The molecule has 19 heavy (non-hydrogen) atoms. The van der Waals surface area contributed by atoms with Crippen LogP contribution < -0.4 is 5.32 Å². The number of likely N-dealkylation sites (tertiary alicyclic amines) is 1. The minimum absolute atomic E-state index is 0.168. The largest absolute Gasteiger partial charge is 0.338 e. The molecule has 1 spiro atoms. The number of nitrogens with one attached hydrogen (secondary N) is 1. The fourth-order valence-electron chi connectivity index (χ4n) is 3.25. The summed E-state index contributed by atoms with van der Waals surface area (Å²) in [6.07, 6.45) is 3.01. The van der Waals surface area contributed by atoms with Crippen molar-refractivity contribution in [2.45, 2.75) is 25.8 Å². The van der Waals surface area contributed by atoms with E-state index in [1.165, 1.54) is 12.1 Å². The van der Waals surface area contributed by atoms with Crippen molar-refractivity contribution < 1.29 is 9.18 Å². The summed E-state index contributed by atoms with van der Waals surface area (Å²) in [5, 5.41) is 3.31. The van der Waals surface area contributed by atoms with Gasteiger partial charge in [0.1, 0.15) is 5.82 Å². The number of rotatable bonds is 2. The number of piperidine rings is 1. The smallest absolute Gasteiger partial charge is 0.230 e. The maximum absolute atomic E-state index is 12.9. The number of carbonyl (C=O) groups excluding carboxylic acids is 1. The molecule has 3 rings (SSSR count). The molecule has 3 nitrogen and oxygen atoms in total. The van der Waals surface area contributed by atoms with Gasteiger partial charge in [-0.1, -0.05) is 12.1 Å². The maximum atomic E-state index is 12.9. The van der Waals surface area contributed by atoms with Crippen LogP contribution in [0.25, 0.3) is 0 Å². The highest BCUT2D eigenvalue weighted by Crippen LogP contribution is 2.37. The number of carbonyl (C=O) groups is 1. The Labute approximate surface area is 112 Å². The van der Waals surface area contributed by atoms with Crippen LogP contribution in [-0.4, -0.2) is 30.4 Å². The van der Waals surface area contributed by atoms with Crippen LogP contribution >= 0.6 is 0 Å². The summed E-state index contributed by atoms with van der Waals surface area (Å²) in [4.78, 5) is 14.6. The van der Waals surface area contributed by atoms with Gasteiger partial charge < -0.3 is 10.2 Å². The van der Waals surface area contributed by atoms with Crippen molar-refractivity contribution in [3.63, 3.8) is 0 Å². The molecule has 2 aliphatic rings. The molecule has 1 aromatic carbocycles. The van der Waals surface area contributed by atoms with Crippen molar-refractivity contribution in [1.29, 1.82) is 0 Å². The van der Waals surface area contributed by atoms with Crippen molar-refractivity contribution in [2.75, 3.05) is 19.6 Å². The molecule has 0 unspecified atom stereocenters. The minimum Gasteiger partial charge on any atom is -0.338 e. The second-order valence-corrected chi connectivity index (χ2v) is 5.66. The highest BCUT2D eigenvalue weighted by Gasteiger charge is 2.45. The maximum Gasteiger partial charge on any atom is 0.230 e. The van der Waals surface area contributed by atoms with Gasteiger partial charge in [0, 0.05) is 19.6 Å². The zero-order valence-electron chi connectivity index (χ0n) is 11.0. The number of halogens is 1. The Morgan fingerprint density at radius 3 is 2.74 bits per heavy atom. The van der Waals surface area contributed by atoms with Crippen molar-refractivity contribution >= 4 is 5.91 Å². The molecular weight excluding hydrogens is 243 g/mol.